The molecule has 2 aliphatic carbocycles. The molecule has 0 radical (unpaired) electrons. The van der Waals surface area contributed by atoms with Crippen LogP contribution < -0.4 is 37.5 Å². The van der Waals surface area contributed by atoms with Crippen LogP contribution in [-0.4, -0.2) is 118 Å². The van der Waals surface area contributed by atoms with Crippen LogP contribution in [0, 0.1) is 24.1 Å². The molecule has 2 unspecified atom stereocenters. The van der Waals surface area contributed by atoms with Gasteiger partial charge in [0.25, 0.3) is 5.56 Å². The SMILES string of the molecule is CCC1(C)CC(=O)N(CCCCCC(=O)NCC(=O)NCC(=O)N[C@@H](Cc2ccccc2)C(=O)NCC(=O)NCOC(C(=O)N[C@H]2CCc3c(C)c(F)cc4nc5c(c2c34)Cn2c-5cc3c(c2=O)COC(=O)[C@]3(O)CC)C2CC2)C1=O. The average molecular weight is 1120 g/mol. The zero-order chi connectivity index (χ0) is 57.9. The molecule has 0 spiro atoms. The summed E-state index contributed by atoms with van der Waals surface area (Å²) in [5, 5.41) is 27.9. The Morgan fingerprint density at radius 3 is 2.28 bits per heavy atom. The van der Waals surface area contributed by atoms with Crippen LogP contribution in [0.2, 0.25) is 0 Å². The number of aryl methyl sites for hydroxylation is 1. The van der Waals surface area contributed by atoms with Crippen LogP contribution in [0.4, 0.5) is 4.39 Å². The van der Waals surface area contributed by atoms with Crippen molar-refractivity contribution in [1.82, 2.24) is 46.4 Å². The minimum absolute atomic E-state index is 0.0409. The smallest absolute Gasteiger partial charge is 0.343 e. The minimum atomic E-state index is -2.06. The number of fused-ring (bicyclic) bond motifs is 5. The van der Waals surface area contributed by atoms with Crippen LogP contribution in [0.1, 0.15) is 130 Å². The zero-order valence-electron chi connectivity index (χ0n) is 45.9. The first-order valence-electron chi connectivity index (χ1n) is 27.7. The Bertz CT molecular complexity index is 3290. The van der Waals surface area contributed by atoms with Gasteiger partial charge in [0.15, 0.2) is 5.60 Å². The number of nitrogens with one attached hydrogen (secondary N) is 6. The molecule has 0 bridgehead atoms. The topological polar surface area (TPSA) is 303 Å². The highest BCUT2D eigenvalue weighted by Crippen LogP contribution is 2.46. The lowest BCUT2D eigenvalue weighted by Gasteiger charge is -2.31. The average Bonchev–Trinajstić information content (AvgIpc) is 4.38. The molecule has 5 atom stereocenters. The van der Waals surface area contributed by atoms with Gasteiger partial charge in [-0.15, -0.1) is 0 Å². The first-order chi connectivity index (χ1) is 38.7. The molecule has 9 rings (SSSR count). The second-order valence-electron chi connectivity index (χ2n) is 21.9. The quantitative estimate of drug-likeness (QED) is 0.0202. The van der Waals surface area contributed by atoms with Crippen molar-refractivity contribution in [3.05, 3.63) is 97.6 Å². The third-order valence-electron chi connectivity index (χ3n) is 16.5. The highest BCUT2D eigenvalue weighted by Gasteiger charge is 2.48. The summed E-state index contributed by atoms with van der Waals surface area (Å²) in [5.41, 5.74) is 1.30. The van der Waals surface area contributed by atoms with Crippen molar-refractivity contribution in [2.75, 3.05) is 32.9 Å². The number of aliphatic hydroxyl groups is 1. The highest BCUT2D eigenvalue weighted by molar-refractivity contribution is 6.05. The number of carbonyl (C=O) groups excluding carboxylic acids is 9. The van der Waals surface area contributed by atoms with E-state index in [0.29, 0.717) is 102 Å². The Morgan fingerprint density at radius 2 is 1.57 bits per heavy atom. The summed E-state index contributed by atoms with van der Waals surface area (Å²) >= 11 is 0. The van der Waals surface area contributed by atoms with Crippen LogP contribution in [0.25, 0.3) is 22.3 Å². The van der Waals surface area contributed by atoms with Crippen LogP contribution >= 0.6 is 0 Å². The summed E-state index contributed by atoms with van der Waals surface area (Å²) in [7, 11) is 0. The lowest BCUT2D eigenvalue weighted by molar-refractivity contribution is -0.172. The number of rotatable bonds is 24. The third-order valence-corrected chi connectivity index (χ3v) is 16.5. The number of hydrogen-bond donors (Lipinski definition) is 7. The summed E-state index contributed by atoms with van der Waals surface area (Å²) < 4.78 is 28.3. The summed E-state index contributed by atoms with van der Waals surface area (Å²) in [4.78, 5) is 137. The fourth-order valence-corrected chi connectivity index (χ4v) is 11.3. The highest BCUT2D eigenvalue weighted by atomic mass is 19.1. The molecule has 1 saturated heterocycles. The third kappa shape index (κ3) is 12.1. The Balaban J connectivity index is 0.762. The molecule has 8 amide bonds. The molecule has 3 aliphatic heterocycles. The van der Waals surface area contributed by atoms with E-state index in [1.807, 2.05) is 6.92 Å². The lowest BCUT2D eigenvalue weighted by atomic mass is 9.81. The van der Waals surface area contributed by atoms with Crippen molar-refractivity contribution in [2.24, 2.45) is 11.3 Å². The fourth-order valence-electron chi connectivity index (χ4n) is 11.3. The van der Waals surface area contributed by atoms with E-state index >= 15 is 4.39 Å². The molecule has 4 aromatic rings. The van der Waals surface area contributed by atoms with Crippen molar-refractivity contribution in [1.29, 1.82) is 0 Å². The fraction of sp³-hybridized carbons (Fsp3) is 0.500. The molecule has 430 valence electrons. The maximum Gasteiger partial charge on any atom is 0.343 e. The van der Waals surface area contributed by atoms with E-state index in [4.69, 9.17) is 14.5 Å². The Labute approximate surface area is 466 Å². The first kappa shape index (κ1) is 57.8. The maximum atomic E-state index is 15.5. The number of unbranched alkanes of at least 4 members (excludes halogenated alkanes) is 2. The number of amides is 8. The van der Waals surface area contributed by atoms with Crippen LogP contribution in [-0.2, 0) is 84.2 Å². The molecule has 1 saturated carbocycles. The first-order valence-corrected chi connectivity index (χ1v) is 27.7. The number of esters is 1. The number of pyridine rings is 2. The van der Waals surface area contributed by atoms with Crippen molar-refractivity contribution in [2.45, 2.75) is 142 Å². The predicted octanol–water partition coefficient (Wildman–Crippen LogP) is 2.31. The molecule has 23 heteroatoms. The van der Waals surface area contributed by atoms with Gasteiger partial charge in [0, 0.05) is 48.4 Å². The van der Waals surface area contributed by atoms with Gasteiger partial charge in [0.05, 0.1) is 60.1 Å². The van der Waals surface area contributed by atoms with Crippen molar-refractivity contribution in [3.63, 3.8) is 0 Å². The summed E-state index contributed by atoms with van der Waals surface area (Å²) in [6.45, 7) is 5.17. The molecule has 5 heterocycles. The molecule has 7 N–H and O–H groups in total. The number of carbonyl (C=O) groups is 9. The Morgan fingerprint density at radius 1 is 0.852 bits per heavy atom. The van der Waals surface area contributed by atoms with E-state index in [1.165, 1.54) is 15.5 Å². The van der Waals surface area contributed by atoms with E-state index in [9.17, 15) is 53.1 Å². The van der Waals surface area contributed by atoms with Gasteiger partial charge in [-0.3, -0.25) is 48.1 Å². The van der Waals surface area contributed by atoms with Crippen molar-refractivity contribution >= 4 is 64.1 Å². The number of aromatic nitrogens is 2. The van der Waals surface area contributed by atoms with Gasteiger partial charge in [-0.05, 0) is 92.5 Å². The van der Waals surface area contributed by atoms with Gasteiger partial charge in [0.2, 0.25) is 47.3 Å². The molecule has 2 aromatic heterocycles. The number of likely N-dealkylation sites (tertiary alicyclic amines) is 1. The number of imide groups is 1. The summed E-state index contributed by atoms with van der Waals surface area (Å²) in [6, 6.07) is 9.93. The second-order valence-corrected chi connectivity index (χ2v) is 21.9. The molecule has 2 fully saturated rings. The van der Waals surface area contributed by atoms with Crippen LogP contribution in [0.3, 0.4) is 0 Å². The van der Waals surface area contributed by atoms with Gasteiger partial charge in [-0.1, -0.05) is 57.5 Å². The summed E-state index contributed by atoms with van der Waals surface area (Å²) in [5.74, 6) is -5.38. The van der Waals surface area contributed by atoms with E-state index in [0.717, 1.165) is 5.56 Å². The van der Waals surface area contributed by atoms with Crippen molar-refractivity contribution in [3.8, 4) is 11.4 Å². The van der Waals surface area contributed by atoms with Gasteiger partial charge in [-0.25, -0.2) is 14.2 Å². The van der Waals surface area contributed by atoms with Gasteiger partial charge in [0.1, 0.15) is 31.3 Å². The number of benzene rings is 2. The molecule has 81 heavy (non-hydrogen) atoms. The molecular formula is C58H68FN9O13. The van der Waals surface area contributed by atoms with Gasteiger partial charge in [-0.2, -0.15) is 0 Å². The molecule has 2 aromatic carbocycles. The minimum Gasteiger partial charge on any atom is -0.458 e. The second kappa shape index (κ2) is 24.0. The number of ether oxygens (including phenoxy) is 2. The van der Waals surface area contributed by atoms with E-state index in [-0.39, 0.29) is 73.6 Å². The number of hydrogen-bond acceptors (Lipinski definition) is 14. The summed E-state index contributed by atoms with van der Waals surface area (Å²) in [6.07, 6.45) is 3.67. The van der Waals surface area contributed by atoms with Crippen molar-refractivity contribution < 1.29 is 62.1 Å². The van der Waals surface area contributed by atoms with E-state index in [2.05, 4.69) is 31.9 Å². The largest absolute Gasteiger partial charge is 0.458 e. The van der Waals surface area contributed by atoms with Crippen LogP contribution in [0.5, 0.6) is 0 Å². The Kier molecular flexibility index (Phi) is 17.1. The zero-order valence-corrected chi connectivity index (χ0v) is 45.9. The Hall–Kier alpha value is -7.92. The number of cyclic esters (lactones) is 1. The van der Waals surface area contributed by atoms with Gasteiger partial charge >= 0.3 is 5.97 Å². The molecular weight excluding hydrogens is 1050 g/mol. The van der Waals surface area contributed by atoms with Crippen LogP contribution in [0.15, 0.2) is 47.3 Å². The number of halogens is 1. The molecule has 22 nitrogen and oxygen atoms in total. The van der Waals surface area contributed by atoms with E-state index in [1.54, 1.807) is 57.2 Å². The normalized spacial score (nSPS) is 20.3. The predicted molar refractivity (Wildman–Crippen MR) is 288 cm³/mol. The standard InChI is InChI=1S/C58H68FN9O13/c1-5-57(4)24-47(73)67(55(57)77)20-12-8-11-15-43(69)60-25-44(70)61-27-46(72)64-41(21-32-13-9-7-10-14-32)52(74)62-26-45(71)63-30-81-51(33-16-17-33)53(75)66-39-19-18-34-31(3)38(59)23-40-48(34)49(39)35-28-68-42(50(35)65-40)22-37-36(54(68)76)29-80-56(78)58(37,79)6-2/h7,9-10,13-14,22-23,33,39,41,51,79H,5-6,8,11-12,15-21,24-30H2,1-4H3,(H,60,69)(H,61,70)(H,62,74)(H,63,71)(H,64,72)(H,66,75)/t39-,41-,51?,57?,58-/m0/s1. The maximum absolute atomic E-state index is 15.5. The molecule has 5 aliphatic rings. The number of nitrogens with zero attached hydrogens (tertiary/aromatic N) is 3. The van der Waals surface area contributed by atoms with E-state index < -0.39 is 102 Å². The van der Waals surface area contributed by atoms with Gasteiger partial charge < -0.3 is 51.0 Å². The monoisotopic (exact) mass is 1120 g/mol. The lowest BCUT2D eigenvalue weighted by Crippen LogP contribution is -2.52.